The van der Waals surface area contributed by atoms with Crippen LogP contribution in [0.1, 0.15) is 54.1 Å². The van der Waals surface area contributed by atoms with Gasteiger partial charge in [-0.15, -0.1) is 0 Å². The molecule has 1 N–H and O–H groups in total. The molecule has 3 heteroatoms. The molecule has 1 aliphatic rings. The van der Waals surface area contributed by atoms with Crippen LogP contribution in [0.4, 0.5) is 0 Å². The molecule has 0 saturated carbocycles. The first kappa shape index (κ1) is 18.7. The van der Waals surface area contributed by atoms with Gasteiger partial charge in [0.2, 0.25) is 0 Å². The van der Waals surface area contributed by atoms with Gasteiger partial charge in [-0.05, 0) is 54.5 Å². The van der Waals surface area contributed by atoms with E-state index >= 15 is 0 Å². The van der Waals surface area contributed by atoms with E-state index in [2.05, 4.69) is 48.3 Å². The Morgan fingerprint density at radius 3 is 2.58 bits per heavy atom. The summed E-state index contributed by atoms with van der Waals surface area (Å²) in [5.74, 6) is 1.10. The molecule has 138 valence electrons. The number of amides is 1. The molecule has 1 fully saturated rings. The maximum absolute atomic E-state index is 12.4. The molecule has 3 nitrogen and oxygen atoms in total. The lowest BCUT2D eigenvalue weighted by Gasteiger charge is -2.30. The van der Waals surface area contributed by atoms with Crippen molar-refractivity contribution in [2.24, 2.45) is 5.92 Å². The standard InChI is InChI=1S/C23H30N2O/c1-18-7-6-14-25(16-18)17-20-10-12-22(13-11-20)23(26)24-15-19(2)21-8-4-3-5-9-21/h3-5,8-13,18-19H,6-7,14-17H2,1-2H3,(H,24,26)/t18-,19+/m0/s1. The number of carbonyl (C=O) groups is 1. The van der Waals surface area contributed by atoms with E-state index in [4.69, 9.17) is 0 Å². The SMILES string of the molecule is C[C@H]1CCCN(Cc2ccc(C(=O)NC[C@@H](C)c3ccccc3)cc2)C1. The third-order valence-corrected chi connectivity index (χ3v) is 5.30. The molecule has 2 atom stereocenters. The van der Waals surface area contributed by atoms with Gasteiger partial charge in [0.05, 0.1) is 0 Å². The van der Waals surface area contributed by atoms with Crippen LogP contribution in [0.3, 0.4) is 0 Å². The van der Waals surface area contributed by atoms with Crippen molar-refractivity contribution in [3.8, 4) is 0 Å². The number of benzene rings is 2. The van der Waals surface area contributed by atoms with Crippen LogP contribution in [0, 0.1) is 5.92 Å². The normalized spacial score (nSPS) is 19.1. The molecule has 0 unspecified atom stereocenters. The molecule has 0 spiro atoms. The first-order chi connectivity index (χ1) is 12.6. The van der Waals surface area contributed by atoms with E-state index in [1.54, 1.807) is 0 Å². The first-order valence-corrected chi connectivity index (χ1v) is 9.76. The summed E-state index contributed by atoms with van der Waals surface area (Å²) in [5, 5.41) is 3.05. The molecule has 0 aliphatic carbocycles. The zero-order valence-corrected chi connectivity index (χ0v) is 15.9. The third-order valence-electron chi connectivity index (χ3n) is 5.30. The van der Waals surface area contributed by atoms with Gasteiger partial charge in [0.25, 0.3) is 5.91 Å². The molecule has 3 rings (SSSR count). The summed E-state index contributed by atoms with van der Waals surface area (Å²) in [6.45, 7) is 8.46. The van der Waals surface area contributed by atoms with Crippen LogP contribution in [-0.2, 0) is 6.54 Å². The minimum atomic E-state index is 0.00549. The second-order valence-electron chi connectivity index (χ2n) is 7.70. The van der Waals surface area contributed by atoms with Crippen LogP contribution in [0.15, 0.2) is 54.6 Å². The average Bonchev–Trinajstić information content (AvgIpc) is 2.67. The van der Waals surface area contributed by atoms with E-state index in [9.17, 15) is 4.79 Å². The Labute approximate surface area is 157 Å². The predicted octanol–water partition coefficient (Wildman–Crippen LogP) is 4.45. The van der Waals surface area contributed by atoms with Crippen LogP contribution < -0.4 is 5.32 Å². The molecule has 2 aromatic carbocycles. The molecule has 1 heterocycles. The topological polar surface area (TPSA) is 32.3 Å². The average molecular weight is 351 g/mol. The lowest BCUT2D eigenvalue weighted by molar-refractivity contribution is 0.0951. The zero-order chi connectivity index (χ0) is 18.4. The molecular weight excluding hydrogens is 320 g/mol. The summed E-state index contributed by atoms with van der Waals surface area (Å²) in [6, 6.07) is 18.4. The summed E-state index contributed by atoms with van der Waals surface area (Å²) in [5.41, 5.74) is 3.27. The zero-order valence-electron chi connectivity index (χ0n) is 15.9. The molecule has 1 saturated heterocycles. The molecule has 0 bridgehead atoms. The summed E-state index contributed by atoms with van der Waals surface area (Å²) in [4.78, 5) is 14.9. The van der Waals surface area contributed by atoms with Gasteiger partial charge in [0.15, 0.2) is 0 Å². The number of carbonyl (C=O) groups excluding carboxylic acids is 1. The van der Waals surface area contributed by atoms with Gasteiger partial charge in [0.1, 0.15) is 0 Å². The smallest absolute Gasteiger partial charge is 0.251 e. The van der Waals surface area contributed by atoms with Crippen molar-refractivity contribution in [2.75, 3.05) is 19.6 Å². The Morgan fingerprint density at radius 2 is 1.88 bits per heavy atom. The molecular formula is C23H30N2O. The van der Waals surface area contributed by atoms with Crippen LogP contribution in [0.2, 0.25) is 0 Å². The highest BCUT2D eigenvalue weighted by Gasteiger charge is 2.16. The molecule has 26 heavy (non-hydrogen) atoms. The van der Waals surface area contributed by atoms with E-state index in [0.29, 0.717) is 12.5 Å². The Balaban J connectivity index is 1.50. The fourth-order valence-corrected chi connectivity index (χ4v) is 3.70. The lowest BCUT2D eigenvalue weighted by atomic mass is 9.99. The van der Waals surface area contributed by atoms with Crippen LogP contribution in [0.5, 0.6) is 0 Å². The number of rotatable bonds is 6. The number of hydrogen-bond donors (Lipinski definition) is 1. The Hall–Kier alpha value is -2.13. The minimum absolute atomic E-state index is 0.00549. The number of nitrogens with one attached hydrogen (secondary N) is 1. The first-order valence-electron chi connectivity index (χ1n) is 9.76. The van der Waals surface area contributed by atoms with Gasteiger partial charge in [-0.25, -0.2) is 0 Å². The maximum Gasteiger partial charge on any atom is 0.251 e. The van der Waals surface area contributed by atoms with Crippen molar-refractivity contribution < 1.29 is 4.79 Å². The highest BCUT2D eigenvalue weighted by molar-refractivity contribution is 5.94. The fraction of sp³-hybridized carbons (Fsp3) is 0.435. The largest absolute Gasteiger partial charge is 0.351 e. The molecule has 0 radical (unpaired) electrons. The van der Waals surface area contributed by atoms with Gasteiger partial charge in [-0.2, -0.15) is 0 Å². The summed E-state index contributed by atoms with van der Waals surface area (Å²) < 4.78 is 0. The van der Waals surface area contributed by atoms with Crippen molar-refractivity contribution in [2.45, 2.75) is 39.2 Å². The Morgan fingerprint density at radius 1 is 1.15 bits per heavy atom. The molecule has 1 aliphatic heterocycles. The van der Waals surface area contributed by atoms with Gasteiger partial charge in [0, 0.05) is 25.2 Å². The number of piperidine rings is 1. The van der Waals surface area contributed by atoms with E-state index < -0.39 is 0 Å². The Kier molecular flexibility index (Phi) is 6.45. The number of hydrogen-bond acceptors (Lipinski definition) is 2. The highest BCUT2D eigenvalue weighted by Crippen LogP contribution is 2.18. The van der Waals surface area contributed by atoms with Gasteiger partial charge >= 0.3 is 0 Å². The van der Waals surface area contributed by atoms with Gasteiger partial charge in [-0.3, -0.25) is 9.69 Å². The second kappa shape index (κ2) is 9.00. The Bertz CT molecular complexity index is 696. The summed E-state index contributed by atoms with van der Waals surface area (Å²) in [6.07, 6.45) is 2.64. The third kappa shape index (κ3) is 5.18. The monoisotopic (exact) mass is 350 g/mol. The van der Waals surface area contributed by atoms with E-state index in [-0.39, 0.29) is 5.91 Å². The molecule has 0 aromatic heterocycles. The van der Waals surface area contributed by atoms with Crippen molar-refractivity contribution in [1.29, 1.82) is 0 Å². The fourth-order valence-electron chi connectivity index (χ4n) is 3.70. The number of nitrogens with zero attached hydrogens (tertiary/aromatic N) is 1. The summed E-state index contributed by atoms with van der Waals surface area (Å²) >= 11 is 0. The summed E-state index contributed by atoms with van der Waals surface area (Å²) in [7, 11) is 0. The minimum Gasteiger partial charge on any atom is -0.351 e. The highest BCUT2D eigenvalue weighted by atomic mass is 16.1. The van der Waals surface area contributed by atoms with Gasteiger partial charge < -0.3 is 5.32 Å². The van der Waals surface area contributed by atoms with Gasteiger partial charge in [-0.1, -0.05) is 56.3 Å². The van der Waals surface area contributed by atoms with Crippen LogP contribution >= 0.6 is 0 Å². The maximum atomic E-state index is 12.4. The van der Waals surface area contributed by atoms with Crippen LogP contribution in [-0.4, -0.2) is 30.4 Å². The van der Waals surface area contributed by atoms with Crippen molar-refractivity contribution in [1.82, 2.24) is 10.2 Å². The van der Waals surface area contributed by atoms with Crippen molar-refractivity contribution >= 4 is 5.91 Å². The molecule has 2 aromatic rings. The predicted molar refractivity (Wildman–Crippen MR) is 107 cm³/mol. The number of likely N-dealkylation sites (tertiary alicyclic amines) is 1. The van der Waals surface area contributed by atoms with E-state index in [1.807, 2.05) is 30.3 Å². The van der Waals surface area contributed by atoms with E-state index in [1.165, 1.54) is 37.1 Å². The van der Waals surface area contributed by atoms with E-state index in [0.717, 1.165) is 18.0 Å². The molecule has 1 amide bonds. The quantitative estimate of drug-likeness (QED) is 0.835. The van der Waals surface area contributed by atoms with Crippen LogP contribution in [0.25, 0.3) is 0 Å². The van der Waals surface area contributed by atoms with Crippen molar-refractivity contribution in [3.63, 3.8) is 0 Å². The van der Waals surface area contributed by atoms with Crippen molar-refractivity contribution in [3.05, 3.63) is 71.3 Å². The lowest BCUT2D eigenvalue weighted by Crippen LogP contribution is -2.33. The second-order valence-corrected chi connectivity index (χ2v) is 7.70.